The molecule has 1 aliphatic heterocycles. The average molecular weight is 597 g/mol. The molecule has 0 N–H and O–H groups in total. The van der Waals surface area contributed by atoms with Crippen molar-refractivity contribution in [3.05, 3.63) is 52.5 Å². The van der Waals surface area contributed by atoms with E-state index < -0.39 is 21.9 Å². The molecule has 1 amide bonds. The van der Waals surface area contributed by atoms with Crippen LogP contribution in [0.4, 0.5) is 8.78 Å². The summed E-state index contributed by atoms with van der Waals surface area (Å²) in [6.45, 7) is 0.690. The van der Waals surface area contributed by atoms with Crippen LogP contribution in [0.1, 0.15) is 44.1 Å². The van der Waals surface area contributed by atoms with E-state index >= 15 is 0 Å². The van der Waals surface area contributed by atoms with Gasteiger partial charge in [-0.15, -0.1) is 11.3 Å². The minimum Gasteiger partial charge on any atom is -0.497 e. The van der Waals surface area contributed by atoms with Gasteiger partial charge in [0.25, 0.3) is 0 Å². The minimum atomic E-state index is -3.07. The van der Waals surface area contributed by atoms with Gasteiger partial charge >= 0.3 is 0 Å². The maximum Gasteiger partial charge on any atom is 0.248 e. The van der Waals surface area contributed by atoms with Gasteiger partial charge in [0.05, 0.1) is 22.2 Å². The number of benzene rings is 2. The van der Waals surface area contributed by atoms with Gasteiger partial charge in [0, 0.05) is 39.0 Å². The number of ether oxygens (including phenoxy) is 1. The van der Waals surface area contributed by atoms with E-state index in [0.29, 0.717) is 34.5 Å². The van der Waals surface area contributed by atoms with Crippen LogP contribution in [-0.4, -0.2) is 63.0 Å². The number of carbonyl (C=O) groups excluding carboxylic acids is 1. The summed E-state index contributed by atoms with van der Waals surface area (Å²) in [6.07, 6.45) is 1.10. The van der Waals surface area contributed by atoms with E-state index in [2.05, 4.69) is 9.35 Å². The minimum absolute atomic E-state index is 0.205. The topological polar surface area (TPSA) is 75.1 Å². The van der Waals surface area contributed by atoms with Gasteiger partial charge in [0.15, 0.2) is 4.47 Å². The zero-order chi connectivity index (χ0) is 27.8. The molecule has 1 saturated carbocycles. The standard InChI is InChI=1S/C27H31ClF2N4O3S2/c1-31-39(36,21-8-6-20(37-2)7-9-21)34-15-3-4-23(34)25(35)33(19-11-13-27(29,30)14-12-19)17-18-5-10-24-22(16-18)32-26(28)38-24/h5-10,16,19,23H,3-4,11-15,17H2,1-2H3/t23-,39+/m0/s1. The quantitative estimate of drug-likeness (QED) is 0.316. The van der Waals surface area contributed by atoms with Crippen LogP contribution in [0.3, 0.4) is 0 Å². The van der Waals surface area contributed by atoms with Crippen molar-refractivity contribution in [1.29, 1.82) is 0 Å². The zero-order valence-electron chi connectivity index (χ0n) is 21.8. The van der Waals surface area contributed by atoms with Crippen molar-refractivity contribution in [2.75, 3.05) is 20.7 Å². The van der Waals surface area contributed by atoms with Gasteiger partial charge in [-0.1, -0.05) is 17.7 Å². The summed E-state index contributed by atoms with van der Waals surface area (Å²) >= 11 is 7.46. The number of methoxy groups -OCH3 is 1. The lowest BCUT2D eigenvalue weighted by atomic mass is 9.90. The Morgan fingerprint density at radius 3 is 2.62 bits per heavy atom. The van der Waals surface area contributed by atoms with E-state index in [1.165, 1.54) is 18.4 Å². The lowest BCUT2D eigenvalue weighted by Gasteiger charge is -2.39. The summed E-state index contributed by atoms with van der Waals surface area (Å²) in [6, 6.07) is 11.6. The van der Waals surface area contributed by atoms with E-state index in [-0.39, 0.29) is 44.2 Å². The molecule has 1 aliphatic carbocycles. The van der Waals surface area contributed by atoms with Crippen molar-refractivity contribution in [2.24, 2.45) is 4.36 Å². The highest BCUT2D eigenvalue weighted by Crippen LogP contribution is 2.38. The largest absolute Gasteiger partial charge is 0.497 e. The Balaban J connectivity index is 1.46. The molecule has 7 nitrogen and oxygen atoms in total. The number of carbonyl (C=O) groups is 1. The predicted molar refractivity (Wildman–Crippen MR) is 150 cm³/mol. The number of aromatic nitrogens is 1. The SMILES string of the molecule is CN=[S@](=O)(c1ccc(OC)cc1)N1CCC[C@H]1C(=O)N(Cc1ccc2sc(Cl)nc2c1)C1CCC(F)(F)CC1. The Morgan fingerprint density at radius 2 is 1.95 bits per heavy atom. The smallest absolute Gasteiger partial charge is 0.248 e. The summed E-state index contributed by atoms with van der Waals surface area (Å²) in [5.41, 5.74) is 1.58. The number of amides is 1. The van der Waals surface area contributed by atoms with Gasteiger partial charge < -0.3 is 9.64 Å². The summed E-state index contributed by atoms with van der Waals surface area (Å²) in [7, 11) is -0.0137. The number of halogens is 3. The Kier molecular flexibility index (Phi) is 8.15. The predicted octanol–water partition coefficient (Wildman–Crippen LogP) is 6.40. The van der Waals surface area contributed by atoms with Crippen LogP contribution in [0.5, 0.6) is 5.75 Å². The van der Waals surface area contributed by atoms with Crippen LogP contribution in [0, 0.1) is 0 Å². The van der Waals surface area contributed by atoms with Crippen molar-refractivity contribution >= 4 is 49.0 Å². The highest BCUT2D eigenvalue weighted by molar-refractivity contribution is 7.91. The molecule has 0 unspecified atom stereocenters. The second kappa shape index (κ2) is 11.3. The van der Waals surface area contributed by atoms with Gasteiger partial charge in [-0.25, -0.2) is 26.6 Å². The number of nitrogens with zero attached hydrogens (tertiary/aromatic N) is 4. The molecule has 2 aromatic carbocycles. The fourth-order valence-electron chi connectivity index (χ4n) is 5.54. The monoisotopic (exact) mass is 596 g/mol. The molecule has 3 aromatic rings. The maximum absolute atomic E-state index is 14.3. The molecule has 210 valence electrons. The second-order valence-corrected chi connectivity index (χ2v) is 13.9. The molecule has 2 aliphatic rings. The number of fused-ring (bicyclic) bond motifs is 1. The first-order chi connectivity index (χ1) is 18.6. The molecule has 0 spiro atoms. The third-order valence-corrected chi connectivity index (χ3v) is 11.2. The van der Waals surface area contributed by atoms with Gasteiger partial charge in [0.2, 0.25) is 11.8 Å². The van der Waals surface area contributed by atoms with Crippen LogP contribution in [0.2, 0.25) is 4.47 Å². The lowest BCUT2D eigenvalue weighted by Crippen LogP contribution is -2.52. The fourth-order valence-corrected chi connectivity index (χ4v) is 8.65. The molecular weight excluding hydrogens is 566 g/mol. The highest BCUT2D eigenvalue weighted by atomic mass is 35.5. The Bertz CT molecular complexity index is 1460. The van der Waals surface area contributed by atoms with Crippen molar-refractivity contribution in [3.63, 3.8) is 0 Å². The first-order valence-corrected chi connectivity index (χ1v) is 15.6. The average Bonchev–Trinajstić information content (AvgIpc) is 3.57. The molecule has 0 bridgehead atoms. The number of hydrogen-bond acceptors (Lipinski definition) is 6. The van der Waals surface area contributed by atoms with Crippen molar-refractivity contribution in [2.45, 2.75) is 68.0 Å². The molecule has 1 aromatic heterocycles. The molecule has 2 atom stereocenters. The van der Waals surface area contributed by atoms with Gasteiger partial charge in [-0.3, -0.25) is 4.79 Å². The Labute approximate surface area is 236 Å². The lowest BCUT2D eigenvalue weighted by molar-refractivity contribution is -0.141. The number of thiazole rings is 1. The fraction of sp³-hybridized carbons (Fsp3) is 0.481. The maximum atomic E-state index is 14.3. The molecule has 1 saturated heterocycles. The first-order valence-electron chi connectivity index (χ1n) is 12.9. The van der Waals surface area contributed by atoms with Crippen LogP contribution < -0.4 is 4.74 Å². The Morgan fingerprint density at radius 1 is 1.23 bits per heavy atom. The Hall–Kier alpha value is -2.34. The van der Waals surface area contributed by atoms with Crippen molar-refractivity contribution in [1.82, 2.24) is 14.2 Å². The van der Waals surface area contributed by atoms with Gasteiger partial charge in [-0.2, -0.15) is 0 Å². The normalized spacial score (nSPS) is 21.5. The molecule has 2 heterocycles. The van der Waals surface area contributed by atoms with Crippen LogP contribution in [0.15, 0.2) is 51.7 Å². The third kappa shape index (κ3) is 5.77. The van der Waals surface area contributed by atoms with E-state index in [0.717, 1.165) is 15.8 Å². The number of hydrogen-bond donors (Lipinski definition) is 0. The third-order valence-electron chi connectivity index (χ3n) is 7.61. The van der Waals surface area contributed by atoms with Crippen molar-refractivity contribution < 1.29 is 22.5 Å². The van der Waals surface area contributed by atoms with E-state index in [4.69, 9.17) is 16.3 Å². The van der Waals surface area contributed by atoms with E-state index in [1.54, 1.807) is 40.6 Å². The number of rotatable bonds is 7. The molecule has 2 fully saturated rings. The summed E-state index contributed by atoms with van der Waals surface area (Å²) in [5.74, 6) is -2.29. The zero-order valence-corrected chi connectivity index (χ0v) is 24.2. The van der Waals surface area contributed by atoms with E-state index in [9.17, 15) is 17.8 Å². The van der Waals surface area contributed by atoms with Crippen LogP contribution in [0.25, 0.3) is 10.2 Å². The van der Waals surface area contributed by atoms with Crippen LogP contribution >= 0.6 is 22.9 Å². The van der Waals surface area contributed by atoms with E-state index in [1.807, 2.05) is 18.2 Å². The van der Waals surface area contributed by atoms with Gasteiger partial charge in [0.1, 0.15) is 21.7 Å². The first kappa shape index (κ1) is 28.2. The summed E-state index contributed by atoms with van der Waals surface area (Å²) in [5, 5.41) is 0. The van der Waals surface area contributed by atoms with Crippen molar-refractivity contribution in [3.8, 4) is 5.75 Å². The molecule has 0 radical (unpaired) electrons. The highest BCUT2D eigenvalue weighted by Gasteiger charge is 2.44. The molecule has 5 rings (SSSR count). The summed E-state index contributed by atoms with van der Waals surface area (Å²) < 4.78 is 55.0. The van der Waals surface area contributed by atoms with Gasteiger partial charge in [-0.05, 0) is 67.6 Å². The summed E-state index contributed by atoms with van der Waals surface area (Å²) in [4.78, 5) is 20.8. The van der Waals surface area contributed by atoms with Crippen LogP contribution in [-0.2, 0) is 21.3 Å². The second-order valence-electron chi connectivity index (χ2n) is 9.98. The number of alkyl halides is 2. The molecular formula is C27H31ClF2N4O3S2. The molecule has 12 heteroatoms. The molecule has 39 heavy (non-hydrogen) atoms.